The molecule has 0 amide bonds. The first-order chi connectivity index (χ1) is 23.6. The number of benzene rings is 3. The molecule has 1 aromatic heterocycles. The van der Waals surface area contributed by atoms with E-state index in [9.17, 15) is 32.3 Å². The summed E-state index contributed by atoms with van der Waals surface area (Å²) in [7, 11) is 0. The number of carbonyl (C=O) groups excluding carboxylic acids is 3. The van der Waals surface area contributed by atoms with E-state index in [-0.39, 0.29) is 23.1 Å². The molecule has 0 unspecified atom stereocenters. The summed E-state index contributed by atoms with van der Waals surface area (Å²) in [5.74, 6) is -2.36. The highest BCUT2D eigenvalue weighted by Gasteiger charge is 2.52. The number of halogens is 5. The van der Waals surface area contributed by atoms with Gasteiger partial charge in [0.25, 0.3) is 5.56 Å². The third-order valence-electron chi connectivity index (χ3n) is 7.41. The monoisotopic (exact) mass is 749 g/mol. The molecule has 0 N–H and O–H groups in total. The van der Waals surface area contributed by atoms with Gasteiger partial charge in [-0.25, -0.2) is 4.68 Å². The van der Waals surface area contributed by atoms with E-state index in [0.29, 0.717) is 21.9 Å². The number of carbonyl (C=O) groups is 3. The van der Waals surface area contributed by atoms with Gasteiger partial charge in [-0.3, -0.25) is 19.2 Å². The lowest BCUT2D eigenvalue weighted by Crippen LogP contribution is -2.49. The van der Waals surface area contributed by atoms with E-state index in [2.05, 4.69) is 10.3 Å². The second-order valence-electron chi connectivity index (χ2n) is 13.8. The van der Waals surface area contributed by atoms with Gasteiger partial charge < -0.3 is 14.2 Å². The molecule has 4 aromatic rings. The Morgan fingerprint density at radius 1 is 0.804 bits per heavy atom. The first-order valence-electron chi connectivity index (χ1n) is 15.7. The van der Waals surface area contributed by atoms with Crippen LogP contribution in [0, 0.1) is 5.41 Å². The molecule has 0 aliphatic heterocycles. The SMILES string of the molecule is CC(C)(C)OC(=O)C(CCn1nnc2cc(C(F)(F)F)ccc2c1=O)(CC(=O)c1ccc(OCc2ccc(Cl)c(Cl)c2)cc1)C(=O)OC(C)(C)C. The Hall–Kier alpha value is -4.49. The fourth-order valence-corrected chi connectivity index (χ4v) is 5.20. The Morgan fingerprint density at radius 2 is 1.41 bits per heavy atom. The smallest absolute Gasteiger partial charge is 0.416 e. The number of Topliss-reactive ketones (excluding diaryl/α,β-unsaturated/α-hetero) is 1. The van der Waals surface area contributed by atoms with Crippen molar-refractivity contribution in [1.29, 1.82) is 0 Å². The van der Waals surface area contributed by atoms with Crippen LogP contribution in [-0.4, -0.2) is 43.9 Å². The summed E-state index contributed by atoms with van der Waals surface area (Å²) < 4.78 is 57.7. The summed E-state index contributed by atoms with van der Waals surface area (Å²) in [4.78, 5) is 55.2. The van der Waals surface area contributed by atoms with Gasteiger partial charge in [-0.15, -0.1) is 5.10 Å². The lowest BCUT2D eigenvalue weighted by atomic mass is 9.78. The lowest BCUT2D eigenvalue weighted by molar-refractivity contribution is -0.186. The minimum absolute atomic E-state index is 0.136. The van der Waals surface area contributed by atoms with E-state index in [1.165, 1.54) is 12.1 Å². The molecule has 0 aliphatic carbocycles. The average molecular weight is 751 g/mol. The van der Waals surface area contributed by atoms with Crippen molar-refractivity contribution in [2.75, 3.05) is 0 Å². The van der Waals surface area contributed by atoms with E-state index >= 15 is 0 Å². The molecule has 1 heterocycles. The van der Waals surface area contributed by atoms with Crippen LogP contribution in [0.3, 0.4) is 0 Å². The number of esters is 2. The summed E-state index contributed by atoms with van der Waals surface area (Å²) in [6.07, 6.45) is -5.89. The Balaban J connectivity index is 1.67. The van der Waals surface area contributed by atoms with Crippen LogP contribution in [0.1, 0.15) is 75.9 Å². The second kappa shape index (κ2) is 15.0. The van der Waals surface area contributed by atoms with Gasteiger partial charge >= 0.3 is 18.1 Å². The van der Waals surface area contributed by atoms with Crippen LogP contribution in [0.15, 0.2) is 65.5 Å². The number of ether oxygens (including phenoxy) is 3. The maximum atomic E-state index is 14.0. The number of aromatic nitrogens is 3. The van der Waals surface area contributed by atoms with E-state index in [1.54, 1.807) is 71.9 Å². The highest BCUT2D eigenvalue weighted by molar-refractivity contribution is 6.42. The van der Waals surface area contributed by atoms with Crippen molar-refractivity contribution < 1.29 is 41.8 Å². The molecule has 51 heavy (non-hydrogen) atoms. The van der Waals surface area contributed by atoms with Gasteiger partial charge in [0.2, 0.25) is 0 Å². The first-order valence-corrected chi connectivity index (χ1v) is 16.5. The van der Waals surface area contributed by atoms with Crippen LogP contribution >= 0.6 is 23.2 Å². The van der Waals surface area contributed by atoms with Gasteiger partial charge in [-0.05, 0) is 108 Å². The minimum Gasteiger partial charge on any atom is -0.489 e. The Labute approximate surface area is 301 Å². The molecule has 0 spiro atoms. The summed E-state index contributed by atoms with van der Waals surface area (Å²) in [5, 5.41) is 8.14. The molecule has 272 valence electrons. The van der Waals surface area contributed by atoms with Crippen molar-refractivity contribution in [3.8, 4) is 5.75 Å². The molecule has 0 fully saturated rings. The summed E-state index contributed by atoms with van der Waals surface area (Å²) in [6.45, 7) is 9.20. The number of fused-ring (bicyclic) bond motifs is 1. The Bertz CT molecular complexity index is 1970. The fraction of sp³-hybridized carbons (Fsp3) is 0.389. The van der Waals surface area contributed by atoms with Gasteiger partial charge in [0, 0.05) is 18.5 Å². The van der Waals surface area contributed by atoms with E-state index in [4.69, 9.17) is 37.4 Å². The Kier molecular flexibility index (Phi) is 11.6. The van der Waals surface area contributed by atoms with Crippen LogP contribution in [-0.2, 0) is 38.4 Å². The molecule has 10 nitrogen and oxygen atoms in total. The van der Waals surface area contributed by atoms with E-state index in [1.807, 2.05) is 0 Å². The van der Waals surface area contributed by atoms with E-state index < -0.39 is 71.0 Å². The maximum Gasteiger partial charge on any atom is 0.416 e. The predicted molar refractivity (Wildman–Crippen MR) is 184 cm³/mol. The normalized spacial score (nSPS) is 12.5. The van der Waals surface area contributed by atoms with Gasteiger partial charge in [0.05, 0.1) is 21.0 Å². The number of aryl methyl sites for hydroxylation is 1. The number of hydrogen-bond acceptors (Lipinski definition) is 9. The van der Waals surface area contributed by atoms with Gasteiger partial charge in [-0.1, -0.05) is 34.5 Å². The van der Waals surface area contributed by atoms with Crippen molar-refractivity contribution in [3.05, 3.63) is 97.8 Å². The molecule has 3 aromatic carbocycles. The zero-order valence-electron chi connectivity index (χ0n) is 28.7. The minimum atomic E-state index is -4.67. The average Bonchev–Trinajstić information content (AvgIpc) is 3.02. The lowest BCUT2D eigenvalue weighted by Gasteiger charge is -2.34. The van der Waals surface area contributed by atoms with Crippen LogP contribution in [0.4, 0.5) is 13.2 Å². The molecule has 0 saturated heterocycles. The van der Waals surface area contributed by atoms with Crippen molar-refractivity contribution >= 4 is 51.8 Å². The summed E-state index contributed by atoms with van der Waals surface area (Å²) >= 11 is 12.1. The number of hydrogen-bond donors (Lipinski definition) is 0. The molecule has 0 radical (unpaired) electrons. The molecule has 15 heteroatoms. The maximum absolute atomic E-state index is 14.0. The molecular formula is C36H36Cl2F3N3O7. The number of rotatable bonds is 11. The predicted octanol–water partition coefficient (Wildman–Crippen LogP) is 8.03. The molecular weight excluding hydrogens is 714 g/mol. The molecule has 0 atom stereocenters. The highest BCUT2D eigenvalue weighted by atomic mass is 35.5. The fourth-order valence-electron chi connectivity index (χ4n) is 4.88. The van der Waals surface area contributed by atoms with Crippen molar-refractivity contribution in [3.63, 3.8) is 0 Å². The van der Waals surface area contributed by atoms with Crippen molar-refractivity contribution in [2.24, 2.45) is 5.41 Å². The third-order valence-corrected chi connectivity index (χ3v) is 8.15. The number of nitrogens with zero attached hydrogens (tertiary/aromatic N) is 3. The largest absolute Gasteiger partial charge is 0.489 e. The zero-order valence-corrected chi connectivity index (χ0v) is 30.2. The molecule has 0 bridgehead atoms. The first kappa shape index (κ1) is 39.3. The molecule has 4 rings (SSSR count). The van der Waals surface area contributed by atoms with Crippen molar-refractivity contribution in [2.45, 2.75) is 84.9 Å². The van der Waals surface area contributed by atoms with E-state index in [0.717, 1.165) is 22.4 Å². The third kappa shape index (κ3) is 10.1. The van der Waals surface area contributed by atoms with Crippen LogP contribution < -0.4 is 10.3 Å². The number of ketones is 1. The van der Waals surface area contributed by atoms with Crippen LogP contribution in [0.25, 0.3) is 10.9 Å². The van der Waals surface area contributed by atoms with Gasteiger partial charge in [-0.2, -0.15) is 13.2 Å². The van der Waals surface area contributed by atoms with Gasteiger partial charge in [0.15, 0.2) is 11.2 Å². The van der Waals surface area contributed by atoms with Crippen LogP contribution in [0.5, 0.6) is 5.75 Å². The molecule has 0 aliphatic rings. The van der Waals surface area contributed by atoms with Gasteiger partial charge in [0.1, 0.15) is 29.1 Å². The topological polar surface area (TPSA) is 127 Å². The second-order valence-corrected chi connectivity index (χ2v) is 14.7. The summed E-state index contributed by atoms with van der Waals surface area (Å²) in [6, 6.07) is 13.5. The summed E-state index contributed by atoms with van der Waals surface area (Å²) in [5.41, 5.74) is -5.72. The quantitative estimate of drug-likeness (QED) is 0.0851. The zero-order chi connectivity index (χ0) is 37.9. The number of alkyl halides is 3. The molecule has 0 saturated carbocycles. The van der Waals surface area contributed by atoms with Crippen LogP contribution in [0.2, 0.25) is 10.0 Å². The Morgan fingerprint density at radius 3 is 1.96 bits per heavy atom. The standard InChI is InChI=1S/C36H36Cl2F3N3O7/c1-33(2,3)50-31(47)35(32(48)51-34(4,5)6,15-16-44-30(46)25-13-10-23(36(39,40)41)18-28(25)42-43-44)19-29(45)22-8-11-24(12-9-22)49-20-21-7-14-26(37)27(38)17-21/h7-14,17-18H,15-16,19-20H2,1-6H3. The highest BCUT2D eigenvalue weighted by Crippen LogP contribution is 2.37. The van der Waals surface area contributed by atoms with Crippen molar-refractivity contribution in [1.82, 2.24) is 15.0 Å².